The number of nitrogens with two attached hydrogens (primary N) is 2. The summed E-state index contributed by atoms with van der Waals surface area (Å²) in [5, 5.41) is 10.7. The Labute approximate surface area is 91.1 Å². The van der Waals surface area contributed by atoms with Crippen molar-refractivity contribution in [1.29, 1.82) is 0 Å². The molecule has 0 saturated carbocycles. The Kier molecular flexibility index (Phi) is 3.92. The zero-order valence-corrected chi connectivity index (χ0v) is 8.33. The second-order valence-corrected chi connectivity index (χ2v) is 2.96. The van der Waals surface area contributed by atoms with Crippen LogP contribution in [-0.4, -0.2) is 24.0 Å². The quantitative estimate of drug-likeness (QED) is 0.315. The lowest BCUT2D eigenvalue weighted by Crippen LogP contribution is -2.35. The predicted octanol–water partition coefficient (Wildman–Crippen LogP) is 0.0296. The van der Waals surface area contributed by atoms with E-state index in [1.165, 1.54) is 18.2 Å². The van der Waals surface area contributed by atoms with Crippen LogP contribution in [0.15, 0.2) is 18.2 Å². The van der Waals surface area contributed by atoms with Gasteiger partial charge >= 0.3 is 5.69 Å². The third-order valence-electron chi connectivity index (χ3n) is 1.85. The van der Waals surface area contributed by atoms with Crippen molar-refractivity contribution < 1.29 is 14.5 Å². The van der Waals surface area contributed by atoms with Gasteiger partial charge in [-0.15, -0.1) is 0 Å². The molecule has 0 spiro atoms. The minimum absolute atomic E-state index is 0.00958. The Hall–Kier alpha value is -1.99. The van der Waals surface area contributed by atoms with Crippen LogP contribution in [0, 0.1) is 10.1 Å². The van der Waals surface area contributed by atoms with Crippen LogP contribution in [0.3, 0.4) is 0 Å². The molecule has 1 rings (SSSR count). The number of nitrogens with zero attached hydrogens (tertiary/aromatic N) is 1. The molecule has 7 nitrogen and oxygen atoms in total. The summed E-state index contributed by atoms with van der Waals surface area (Å²) in [7, 11) is 0. The van der Waals surface area contributed by atoms with Crippen LogP contribution in [0.25, 0.3) is 0 Å². The van der Waals surface area contributed by atoms with Crippen molar-refractivity contribution in [2.45, 2.75) is 6.23 Å². The predicted molar refractivity (Wildman–Crippen MR) is 56.1 cm³/mol. The van der Waals surface area contributed by atoms with E-state index in [4.69, 9.17) is 16.2 Å². The lowest BCUT2D eigenvalue weighted by Gasteiger charge is -2.13. The summed E-state index contributed by atoms with van der Waals surface area (Å²) in [6, 6.07) is 4.02. The molecule has 4 N–H and O–H groups in total. The van der Waals surface area contributed by atoms with Gasteiger partial charge in [-0.1, -0.05) is 6.07 Å². The van der Waals surface area contributed by atoms with Gasteiger partial charge in [0.25, 0.3) is 0 Å². The Balaban J connectivity index is 3.19. The SMILES string of the molecule is NCC(N)Oc1c(C=O)cccc1[N+](=O)[O-]. The highest BCUT2D eigenvalue weighted by Crippen LogP contribution is 2.30. The van der Waals surface area contributed by atoms with Crippen LogP contribution >= 0.6 is 0 Å². The Morgan fingerprint density at radius 1 is 1.56 bits per heavy atom. The number of para-hydroxylation sites is 1. The lowest BCUT2D eigenvalue weighted by molar-refractivity contribution is -0.386. The molecule has 0 radical (unpaired) electrons. The average Bonchev–Trinajstić information content (AvgIpc) is 2.28. The Morgan fingerprint density at radius 2 is 2.25 bits per heavy atom. The molecule has 1 atom stereocenters. The average molecular weight is 225 g/mol. The van der Waals surface area contributed by atoms with Gasteiger partial charge < -0.3 is 10.5 Å². The summed E-state index contributed by atoms with van der Waals surface area (Å²) in [4.78, 5) is 20.7. The molecule has 0 saturated heterocycles. The van der Waals surface area contributed by atoms with E-state index in [1.807, 2.05) is 0 Å². The highest BCUT2D eigenvalue weighted by atomic mass is 16.6. The summed E-state index contributed by atoms with van der Waals surface area (Å²) in [5.41, 5.74) is 10.4. The topological polar surface area (TPSA) is 121 Å². The van der Waals surface area contributed by atoms with E-state index in [-0.39, 0.29) is 23.5 Å². The number of hydrogen-bond donors (Lipinski definition) is 2. The third kappa shape index (κ3) is 2.53. The largest absolute Gasteiger partial charge is 0.466 e. The van der Waals surface area contributed by atoms with Gasteiger partial charge in [0.2, 0.25) is 5.75 Å². The summed E-state index contributed by atoms with van der Waals surface area (Å²) in [5.74, 6) is -0.152. The fourth-order valence-corrected chi connectivity index (χ4v) is 1.11. The van der Waals surface area contributed by atoms with Crippen molar-refractivity contribution in [2.24, 2.45) is 11.5 Å². The number of rotatable bonds is 5. The zero-order valence-electron chi connectivity index (χ0n) is 8.33. The molecule has 1 aromatic rings. The van der Waals surface area contributed by atoms with Gasteiger partial charge in [0.1, 0.15) is 0 Å². The van der Waals surface area contributed by atoms with Crippen molar-refractivity contribution in [3.05, 3.63) is 33.9 Å². The molecule has 86 valence electrons. The smallest absolute Gasteiger partial charge is 0.311 e. The normalized spacial score (nSPS) is 11.9. The number of carbonyl (C=O) groups excluding carboxylic acids is 1. The van der Waals surface area contributed by atoms with Crippen molar-refractivity contribution in [1.82, 2.24) is 0 Å². The second-order valence-electron chi connectivity index (χ2n) is 2.96. The molecule has 16 heavy (non-hydrogen) atoms. The molecule has 1 aromatic carbocycles. The fourth-order valence-electron chi connectivity index (χ4n) is 1.11. The van der Waals surface area contributed by atoms with Crippen LogP contribution in [0.1, 0.15) is 10.4 Å². The highest BCUT2D eigenvalue weighted by Gasteiger charge is 2.20. The van der Waals surface area contributed by atoms with E-state index in [0.29, 0.717) is 6.29 Å². The standard InChI is InChI=1S/C9H11N3O4/c10-4-8(11)16-9-6(5-13)2-1-3-7(9)12(14)15/h1-3,5,8H,4,10-11H2. The van der Waals surface area contributed by atoms with Gasteiger partial charge in [0.05, 0.1) is 10.5 Å². The number of aldehydes is 1. The highest BCUT2D eigenvalue weighted by molar-refractivity contribution is 5.82. The van der Waals surface area contributed by atoms with Crippen LogP contribution in [-0.2, 0) is 0 Å². The lowest BCUT2D eigenvalue weighted by atomic mass is 10.2. The van der Waals surface area contributed by atoms with Crippen LogP contribution < -0.4 is 16.2 Å². The molecule has 7 heteroatoms. The zero-order chi connectivity index (χ0) is 12.1. The Bertz CT molecular complexity index is 408. The Morgan fingerprint density at radius 3 is 2.75 bits per heavy atom. The molecule has 0 heterocycles. The summed E-state index contributed by atoms with van der Waals surface area (Å²) in [6.45, 7) is -0.00958. The number of carbonyl (C=O) groups is 1. The van der Waals surface area contributed by atoms with Gasteiger partial charge in [-0.05, 0) is 6.07 Å². The first kappa shape index (κ1) is 12.1. The molecule has 0 bridgehead atoms. The van der Waals surface area contributed by atoms with E-state index < -0.39 is 11.2 Å². The van der Waals surface area contributed by atoms with Crippen molar-refractivity contribution in [3.63, 3.8) is 0 Å². The number of nitro groups is 1. The van der Waals surface area contributed by atoms with E-state index >= 15 is 0 Å². The fraction of sp³-hybridized carbons (Fsp3) is 0.222. The molecule has 0 aromatic heterocycles. The first-order chi connectivity index (χ1) is 7.60. The first-order valence-corrected chi connectivity index (χ1v) is 4.45. The van der Waals surface area contributed by atoms with Crippen LogP contribution in [0.4, 0.5) is 5.69 Å². The minimum Gasteiger partial charge on any atom is -0.466 e. The summed E-state index contributed by atoms with van der Waals surface area (Å²) in [6.07, 6.45) is -0.425. The minimum atomic E-state index is -0.889. The maximum absolute atomic E-state index is 10.7. The van der Waals surface area contributed by atoms with Gasteiger partial charge in [0.15, 0.2) is 12.5 Å². The number of ether oxygens (including phenoxy) is 1. The van der Waals surface area contributed by atoms with Crippen LogP contribution in [0.2, 0.25) is 0 Å². The van der Waals surface area contributed by atoms with Crippen molar-refractivity contribution >= 4 is 12.0 Å². The van der Waals surface area contributed by atoms with E-state index in [1.54, 1.807) is 0 Å². The molecule has 0 amide bonds. The monoisotopic (exact) mass is 225 g/mol. The van der Waals surface area contributed by atoms with E-state index in [2.05, 4.69) is 0 Å². The van der Waals surface area contributed by atoms with Crippen molar-refractivity contribution in [2.75, 3.05) is 6.54 Å². The summed E-state index contributed by atoms with van der Waals surface area (Å²) < 4.78 is 5.06. The van der Waals surface area contributed by atoms with Gasteiger partial charge in [0, 0.05) is 12.6 Å². The van der Waals surface area contributed by atoms with E-state index in [9.17, 15) is 14.9 Å². The van der Waals surface area contributed by atoms with Crippen molar-refractivity contribution in [3.8, 4) is 5.75 Å². The van der Waals surface area contributed by atoms with Gasteiger partial charge in [-0.3, -0.25) is 20.6 Å². The first-order valence-electron chi connectivity index (χ1n) is 4.45. The molecule has 0 fully saturated rings. The third-order valence-corrected chi connectivity index (χ3v) is 1.85. The van der Waals surface area contributed by atoms with E-state index in [0.717, 1.165) is 0 Å². The molecular formula is C9H11N3O4. The summed E-state index contributed by atoms with van der Waals surface area (Å²) >= 11 is 0. The maximum Gasteiger partial charge on any atom is 0.311 e. The molecule has 0 aliphatic rings. The maximum atomic E-state index is 10.7. The molecule has 1 unspecified atom stereocenters. The molecule has 0 aliphatic carbocycles. The van der Waals surface area contributed by atoms with Crippen LogP contribution in [0.5, 0.6) is 5.75 Å². The number of benzene rings is 1. The van der Waals surface area contributed by atoms with Gasteiger partial charge in [-0.2, -0.15) is 0 Å². The van der Waals surface area contributed by atoms with Gasteiger partial charge in [-0.25, -0.2) is 0 Å². The second kappa shape index (κ2) is 5.19. The molecule has 0 aliphatic heterocycles. The number of hydrogen-bond acceptors (Lipinski definition) is 6. The molecular weight excluding hydrogens is 214 g/mol. The number of nitro benzene ring substituents is 1.